The van der Waals surface area contributed by atoms with Crippen LogP contribution < -0.4 is 10.1 Å². The molecule has 0 atom stereocenters. The maximum Gasteiger partial charge on any atom is 0.217 e. The van der Waals surface area contributed by atoms with Crippen LogP contribution in [0.5, 0.6) is 5.88 Å². The van der Waals surface area contributed by atoms with Crippen LogP contribution in [0.3, 0.4) is 0 Å². The van der Waals surface area contributed by atoms with E-state index in [1.165, 1.54) is 0 Å². The number of ether oxygens (including phenoxy) is 1. The van der Waals surface area contributed by atoms with E-state index in [0.29, 0.717) is 12.0 Å². The topological polar surface area (TPSA) is 47.0 Å². The highest BCUT2D eigenvalue weighted by Crippen LogP contribution is 2.30. The summed E-state index contributed by atoms with van der Waals surface area (Å²) in [6.07, 6.45) is 2.58. The first-order valence-corrected chi connectivity index (χ1v) is 6.75. The lowest BCUT2D eigenvalue weighted by molar-refractivity contribution is 0.0612. The molecule has 0 aliphatic heterocycles. The molecule has 18 heavy (non-hydrogen) atoms. The number of hydrogen-bond donors (Lipinski definition) is 1. The maximum absolute atomic E-state index is 5.92. The Bertz CT molecular complexity index is 400. The number of rotatable bonds is 5. The minimum atomic E-state index is 0.331. The van der Waals surface area contributed by atoms with Crippen molar-refractivity contribution in [3.63, 3.8) is 0 Å². The predicted molar refractivity (Wildman–Crippen MR) is 71.9 cm³/mol. The van der Waals surface area contributed by atoms with Gasteiger partial charge in [0.1, 0.15) is 11.9 Å². The number of aryl methyl sites for hydroxylation is 1. The average Bonchev–Trinajstić information content (AvgIpc) is 2.25. The van der Waals surface area contributed by atoms with E-state index in [1.807, 2.05) is 20.0 Å². The van der Waals surface area contributed by atoms with Crippen molar-refractivity contribution < 1.29 is 4.74 Å². The number of hydrogen-bond acceptors (Lipinski definition) is 4. The molecule has 4 heteroatoms. The molecule has 1 aliphatic carbocycles. The van der Waals surface area contributed by atoms with Gasteiger partial charge in [0.2, 0.25) is 5.88 Å². The fraction of sp³-hybridized carbons (Fsp3) is 0.714. The second kappa shape index (κ2) is 5.65. The summed E-state index contributed by atoms with van der Waals surface area (Å²) in [5.74, 6) is 2.70. The first kappa shape index (κ1) is 13.3. The molecule has 1 N–H and O–H groups in total. The minimum absolute atomic E-state index is 0.331. The molecule has 1 saturated carbocycles. The van der Waals surface area contributed by atoms with Gasteiger partial charge >= 0.3 is 0 Å². The van der Waals surface area contributed by atoms with Crippen molar-refractivity contribution in [2.24, 2.45) is 5.92 Å². The predicted octanol–water partition coefficient (Wildman–Crippen LogP) is 2.29. The van der Waals surface area contributed by atoms with Crippen LogP contribution in [0.4, 0.5) is 0 Å². The van der Waals surface area contributed by atoms with Gasteiger partial charge in [-0.25, -0.2) is 4.98 Å². The van der Waals surface area contributed by atoms with Gasteiger partial charge in [0.05, 0.1) is 0 Å². The molecule has 0 radical (unpaired) electrons. The summed E-state index contributed by atoms with van der Waals surface area (Å²) in [6.45, 7) is 7.28. The summed E-state index contributed by atoms with van der Waals surface area (Å²) < 4.78 is 5.92. The van der Waals surface area contributed by atoms with Gasteiger partial charge in [0.25, 0.3) is 0 Å². The normalized spacial score (nSPS) is 22.9. The standard InChI is InChI=1S/C14H23N3O/c1-9(2)14-16-10(3)5-13(17-14)18-12-6-11(7-12)8-15-4/h5,9,11-12,15H,6-8H2,1-4H3. The zero-order valence-corrected chi connectivity index (χ0v) is 11.7. The van der Waals surface area contributed by atoms with Crippen LogP contribution in [-0.4, -0.2) is 29.7 Å². The molecule has 1 aromatic heterocycles. The lowest BCUT2D eigenvalue weighted by atomic mass is 9.82. The highest BCUT2D eigenvalue weighted by Gasteiger charge is 2.30. The Morgan fingerprint density at radius 2 is 2.11 bits per heavy atom. The summed E-state index contributed by atoms with van der Waals surface area (Å²) in [6, 6.07) is 1.93. The zero-order chi connectivity index (χ0) is 13.1. The Morgan fingerprint density at radius 3 is 2.72 bits per heavy atom. The molecule has 0 bridgehead atoms. The molecule has 100 valence electrons. The van der Waals surface area contributed by atoms with Crippen LogP contribution in [0.25, 0.3) is 0 Å². The fourth-order valence-corrected chi connectivity index (χ4v) is 2.28. The van der Waals surface area contributed by atoms with Crippen molar-refractivity contribution in [1.82, 2.24) is 15.3 Å². The highest BCUT2D eigenvalue weighted by molar-refractivity contribution is 5.17. The van der Waals surface area contributed by atoms with Gasteiger partial charge < -0.3 is 10.1 Å². The van der Waals surface area contributed by atoms with Crippen molar-refractivity contribution in [2.45, 2.75) is 45.6 Å². The van der Waals surface area contributed by atoms with Crippen LogP contribution >= 0.6 is 0 Å². The SMILES string of the molecule is CNCC1CC(Oc2cc(C)nc(C(C)C)n2)C1. The smallest absolute Gasteiger partial charge is 0.217 e. The van der Waals surface area contributed by atoms with Crippen molar-refractivity contribution in [3.05, 3.63) is 17.6 Å². The number of nitrogens with one attached hydrogen (secondary N) is 1. The van der Waals surface area contributed by atoms with Crippen LogP contribution in [0.15, 0.2) is 6.07 Å². The van der Waals surface area contributed by atoms with E-state index in [2.05, 4.69) is 29.1 Å². The molecule has 0 unspecified atom stereocenters. The number of nitrogens with zero attached hydrogens (tertiary/aromatic N) is 2. The Balaban J connectivity index is 1.94. The summed E-state index contributed by atoms with van der Waals surface area (Å²) in [4.78, 5) is 8.90. The van der Waals surface area contributed by atoms with Gasteiger partial charge in [-0.15, -0.1) is 0 Å². The molecule has 0 aromatic carbocycles. The highest BCUT2D eigenvalue weighted by atomic mass is 16.5. The van der Waals surface area contributed by atoms with E-state index in [-0.39, 0.29) is 0 Å². The van der Waals surface area contributed by atoms with Crippen molar-refractivity contribution >= 4 is 0 Å². The van der Waals surface area contributed by atoms with E-state index >= 15 is 0 Å². The quantitative estimate of drug-likeness (QED) is 0.869. The Hall–Kier alpha value is -1.16. The summed E-state index contributed by atoms with van der Waals surface area (Å²) in [5.41, 5.74) is 0.981. The van der Waals surface area contributed by atoms with Crippen LogP contribution in [-0.2, 0) is 0 Å². The van der Waals surface area contributed by atoms with Crippen LogP contribution in [0, 0.1) is 12.8 Å². The first-order valence-electron chi connectivity index (χ1n) is 6.75. The molecular formula is C14H23N3O. The monoisotopic (exact) mass is 249 g/mol. The zero-order valence-electron chi connectivity index (χ0n) is 11.7. The Labute approximate surface area is 109 Å². The summed E-state index contributed by atoms with van der Waals surface area (Å²) >= 11 is 0. The van der Waals surface area contributed by atoms with Gasteiger partial charge in [0.15, 0.2) is 0 Å². The van der Waals surface area contributed by atoms with E-state index < -0.39 is 0 Å². The fourth-order valence-electron chi connectivity index (χ4n) is 2.28. The van der Waals surface area contributed by atoms with Gasteiger partial charge in [-0.05, 0) is 39.3 Å². The molecule has 0 spiro atoms. The second-order valence-electron chi connectivity index (χ2n) is 5.50. The van der Waals surface area contributed by atoms with Gasteiger partial charge in [-0.2, -0.15) is 4.98 Å². The van der Waals surface area contributed by atoms with Crippen LogP contribution in [0.2, 0.25) is 0 Å². The lowest BCUT2D eigenvalue weighted by Gasteiger charge is -2.34. The van der Waals surface area contributed by atoms with Crippen molar-refractivity contribution in [3.8, 4) is 5.88 Å². The molecule has 2 rings (SSSR count). The van der Waals surface area contributed by atoms with Crippen molar-refractivity contribution in [2.75, 3.05) is 13.6 Å². The van der Waals surface area contributed by atoms with E-state index in [9.17, 15) is 0 Å². The molecule has 1 aromatic rings. The number of aromatic nitrogens is 2. The summed E-state index contributed by atoms with van der Waals surface area (Å²) in [5, 5.41) is 3.21. The molecule has 4 nitrogen and oxygen atoms in total. The molecule has 1 fully saturated rings. The van der Waals surface area contributed by atoms with Gasteiger partial charge in [-0.1, -0.05) is 13.8 Å². The van der Waals surface area contributed by atoms with E-state index in [0.717, 1.165) is 42.7 Å². The van der Waals surface area contributed by atoms with Gasteiger partial charge in [0, 0.05) is 17.7 Å². The average molecular weight is 249 g/mol. The molecular weight excluding hydrogens is 226 g/mol. The summed E-state index contributed by atoms with van der Waals surface area (Å²) in [7, 11) is 2.00. The maximum atomic E-state index is 5.92. The molecule has 1 aliphatic rings. The Kier molecular flexibility index (Phi) is 4.17. The van der Waals surface area contributed by atoms with Crippen LogP contribution in [0.1, 0.15) is 44.1 Å². The third kappa shape index (κ3) is 3.19. The third-order valence-corrected chi connectivity index (χ3v) is 3.34. The molecule has 1 heterocycles. The lowest BCUT2D eigenvalue weighted by Crippen LogP contribution is -2.38. The van der Waals surface area contributed by atoms with Crippen molar-refractivity contribution in [1.29, 1.82) is 0 Å². The molecule has 0 amide bonds. The third-order valence-electron chi connectivity index (χ3n) is 3.34. The largest absolute Gasteiger partial charge is 0.474 e. The van der Waals surface area contributed by atoms with E-state index in [1.54, 1.807) is 0 Å². The Morgan fingerprint density at radius 1 is 1.39 bits per heavy atom. The second-order valence-corrected chi connectivity index (χ2v) is 5.50. The minimum Gasteiger partial charge on any atom is -0.474 e. The first-order chi connectivity index (χ1) is 8.58. The van der Waals surface area contributed by atoms with E-state index in [4.69, 9.17) is 4.74 Å². The van der Waals surface area contributed by atoms with Gasteiger partial charge in [-0.3, -0.25) is 0 Å². The molecule has 0 saturated heterocycles.